The highest BCUT2D eigenvalue weighted by Crippen LogP contribution is 2.47. The smallest absolute Gasteiger partial charge is 0.368 e. The van der Waals surface area contributed by atoms with Crippen LogP contribution in [0.1, 0.15) is 30.0 Å². The first kappa shape index (κ1) is 29.7. The fourth-order valence-corrected chi connectivity index (χ4v) is 5.48. The minimum Gasteiger partial charge on any atom is -0.368 e. The minimum atomic E-state index is -4.84. The first-order valence-corrected chi connectivity index (χ1v) is 13.1. The molecule has 5 amide bonds. The minimum absolute atomic E-state index is 0.0310. The zero-order valence-corrected chi connectivity index (χ0v) is 22.7. The largest absolute Gasteiger partial charge is 0.408 e. The number of rotatable bonds is 8. The van der Waals surface area contributed by atoms with Gasteiger partial charge in [0.05, 0.1) is 6.20 Å². The number of fused-ring (bicyclic) bond motifs is 2. The van der Waals surface area contributed by atoms with E-state index >= 15 is 0 Å². The maximum Gasteiger partial charge on any atom is 0.408 e. The van der Waals surface area contributed by atoms with E-state index in [9.17, 15) is 41.9 Å². The molecule has 2 aromatic carbocycles. The summed E-state index contributed by atoms with van der Waals surface area (Å²) < 4.78 is 55.8. The van der Waals surface area contributed by atoms with Gasteiger partial charge < -0.3 is 10.6 Å². The lowest BCUT2D eigenvalue weighted by Gasteiger charge is -2.32. The normalized spacial score (nSPS) is 18.8. The second-order valence-corrected chi connectivity index (χ2v) is 10.5. The van der Waals surface area contributed by atoms with Crippen LogP contribution in [0, 0.1) is 5.82 Å². The maximum absolute atomic E-state index is 13.7. The Kier molecular flexibility index (Phi) is 7.46. The van der Waals surface area contributed by atoms with E-state index < -0.39 is 60.4 Å². The number of imide groups is 1. The second kappa shape index (κ2) is 10.8. The molecule has 226 valence electrons. The fraction of sp³-hybridized carbons (Fsp3) is 0.321. The van der Waals surface area contributed by atoms with E-state index in [1.54, 1.807) is 24.4 Å². The monoisotopic (exact) mass is 602 g/mol. The van der Waals surface area contributed by atoms with Gasteiger partial charge in [-0.3, -0.25) is 29.2 Å². The van der Waals surface area contributed by atoms with Gasteiger partial charge in [0.2, 0.25) is 11.8 Å². The Labute approximate surface area is 242 Å². The van der Waals surface area contributed by atoms with Crippen molar-refractivity contribution in [2.24, 2.45) is 5.73 Å². The molecule has 43 heavy (non-hydrogen) atoms. The van der Waals surface area contributed by atoms with Crippen molar-refractivity contribution in [1.82, 2.24) is 24.6 Å². The number of hydrogen-bond acceptors (Lipinski definition) is 6. The summed E-state index contributed by atoms with van der Waals surface area (Å²) in [5, 5.41) is 15.2. The van der Waals surface area contributed by atoms with Crippen LogP contribution in [0.4, 0.5) is 22.4 Å². The van der Waals surface area contributed by atoms with Gasteiger partial charge in [0.25, 0.3) is 5.91 Å². The quantitative estimate of drug-likeness (QED) is 0.231. The molecule has 11 nitrogen and oxygen atoms in total. The highest BCUT2D eigenvalue weighted by Gasteiger charge is 2.61. The molecule has 5 rings (SSSR count). The number of hydrogen-bond donors (Lipinski definition) is 2. The molecule has 2 atom stereocenters. The molecule has 3 N–H and O–H groups in total. The summed E-state index contributed by atoms with van der Waals surface area (Å²) in [5.74, 6) is -3.33. The topological polar surface area (TPSA) is 142 Å². The Morgan fingerprint density at radius 2 is 1.81 bits per heavy atom. The number of alkyl halides is 3. The highest BCUT2D eigenvalue weighted by atomic mass is 19.4. The van der Waals surface area contributed by atoms with Crippen molar-refractivity contribution in [3.05, 3.63) is 77.4 Å². The summed E-state index contributed by atoms with van der Waals surface area (Å²) in [6.07, 6.45) is -1.48. The molecular formula is C28H26F4N6O5. The third-order valence-electron chi connectivity index (χ3n) is 7.79. The number of nitrogens with zero attached hydrogens (tertiary/aromatic N) is 5. The van der Waals surface area contributed by atoms with Crippen molar-refractivity contribution in [3.8, 4) is 11.1 Å². The van der Waals surface area contributed by atoms with Crippen LogP contribution in [0.3, 0.4) is 0 Å². The molecule has 0 radical (unpaired) electrons. The van der Waals surface area contributed by atoms with Gasteiger partial charge in [-0.25, -0.2) is 9.18 Å². The van der Waals surface area contributed by atoms with E-state index in [0.717, 1.165) is 19.1 Å². The number of carbonyl (C=O) groups is 4. The Hall–Kier alpha value is -4.79. The average Bonchev–Trinajstić information content (AvgIpc) is 3.62. The van der Waals surface area contributed by atoms with Crippen molar-refractivity contribution in [2.75, 3.05) is 6.54 Å². The Bertz CT molecular complexity index is 1610. The number of aromatic nitrogens is 2. The number of carbonyl (C=O) groups excluding carboxylic acids is 4. The number of amides is 5. The molecule has 1 fully saturated rings. The standard InChI is InChI=1S/C28H26F4N6O5/c1-16(28(30,31)32)36(12-17-2-5-21(29)6-3-17)24(40)15-37-25(41)27(38(43)26(37)42)9-8-19-10-18(4-7-22(19)27)20-11-34-35(13-20)14-23(33)39/h2-7,10-11,13,16,43H,8-9,12,14-15H2,1H3,(H2,33,39)/t16-,27-/m0/s1. The van der Waals surface area contributed by atoms with Crippen LogP contribution in [0.15, 0.2) is 54.9 Å². The molecular weight excluding hydrogens is 576 g/mol. The van der Waals surface area contributed by atoms with Gasteiger partial charge in [0.1, 0.15) is 24.9 Å². The molecule has 15 heteroatoms. The first-order valence-electron chi connectivity index (χ1n) is 13.1. The lowest BCUT2D eigenvalue weighted by atomic mass is 9.90. The van der Waals surface area contributed by atoms with E-state index in [0.29, 0.717) is 32.1 Å². The van der Waals surface area contributed by atoms with Crippen LogP contribution < -0.4 is 5.73 Å². The number of hydroxylamine groups is 2. The summed E-state index contributed by atoms with van der Waals surface area (Å²) in [6.45, 7) is -0.977. The van der Waals surface area contributed by atoms with Crippen LogP contribution in [0.5, 0.6) is 0 Å². The molecule has 1 aliphatic carbocycles. The molecule has 0 unspecified atom stereocenters. The van der Waals surface area contributed by atoms with Crippen molar-refractivity contribution >= 4 is 23.8 Å². The van der Waals surface area contributed by atoms with E-state index in [1.165, 1.54) is 23.0 Å². The predicted molar refractivity (Wildman–Crippen MR) is 140 cm³/mol. The molecule has 2 heterocycles. The summed E-state index contributed by atoms with van der Waals surface area (Å²) in [6, 6.07) is 5.90. The summed E-state index contributed by atoms with van der Waals surface area (Å²) in [4.78, 5) is 52.1. The zero-order chi connectivity index (χ0) is 31.3. The molecule has 2 aliphatic rings. The van der Waals surface area contributed by atoms with Crippen molar-refractivity contribution in [3.63, 3.8) is 0 Å². The predicted octanol–water partition coefficient (Wildman–Crippen LogP) is 2.95. The summed E-state index contributed by atoms with van der Waals surface area (Å²) in [7, 11) is 0. The highest BCUT2D eigenvalue weighted by molar-refractivity contribution is 6.09. The molecule has 0 bridgehead atoms. The van der Waals surface area contributed by atoms with Gasteiger partial charge in [-0.2, -0.15) is 23.3 Å². The maximum atomic E-state index is 13.7. The third-order valence-corrected chi connectivity index (χ3v) is 7.79. The number of urea groups is 1. The van der Waals surface area contributed by atoms with Crippen LogP contribution >= 0.6 is 0 Å². The number of nitrogens with two attached hydrogens (primary N) is 1. The van der Waals surface area contributed by atoms with Gasteiger partial charge in [-0.05, 0) is 54.2 Å². The number of aryl methyl sites for hydroxylation is 1. The van der Waals surface area contributed by atoms with Gasteiger partial charge in [-0.1, -0.05) is 30.3 Å². The molecule has 3 aromatic rings. The third kappa shape index (κ3) is 5.31. The number of benzene rings is 2. The summed E-state index contributed by atoms with van der Waals surface area (Å²) in [5.41, 5.74) is 5.80. The zero-order valence-electron chi connectivity index (χ0n) is 22.7. The van der Waals surface area contributed by atoms with Gasteiger partial charge >= 0.3 is 12.2 Å². The van der Waals surface area contributed by atoms with Crippen LogP contribution in [-0.2, 0) is 39.4 Å². The molecule has 1 aromatic heterocycles. The molecule has 1 spiro atoms. The Balaban J connectivity index is 1.40. The summed E-state index contributed by atoms with van der Waals surface area (Å²) >= 11 is 0. The number of primary amides is 1. The molecule has 1 aliphatic heterocycles. The first-order chi connectivity index (χ1) is 20.2. The van der Waals surface area contributed by atoms with Gasteiger partial charge in [0.15, 0.2) is 5.54 Å². The van der Waals surface area contributed by atoms with Crippen LogP contribution in [-0.4, -0.2) is 72.4 Å². The average molecular weight is 603 g/mol. The van der Waals surface area contributed by atoms with Crippen molar-refractivity contribution < 1.29 is 41.9 Å². The van der Waals surface area contributed by atoms with Crippen LogP contribution in [0.25, 0.3) is 11.1 Å². The van der Waals surface area contributed by atoms with Crippen molar-refractivity contribution in [2.45, 2.75) is 50.6 Å². The molecule has 0 saturated carbocycles. The SMILES string of the molecule is C[C@H](N(Cc1ccc(F)cc1)C(=O)CN1C(=O)N(O)[C@]2(CCc3cc(-c4cnn(CC(N)=O)c4)ccc32)C1=O)C(F)(F)F. The van der Waals surface area contributed by atoms with Crippen LogP contribution in [0.2, 0.25) is 0 Å². The lowest BCUT2D eigenvalue weighted by molar-refractivity contribution is -0.187. The number of halogens is 4. The van der Waals surface area contributed by atoms with Gasteiger partial charge in [-0.15, -0.1) is 0 Å². The lowest BCUT2D eigenvalue weighted by Crippen LogP contribution is -2.51. The van der Waals surface area contributed by atoms with Crippen molar-refractivity contribution in [1.29, 1.82) is 0 Å². The van der Waals surface area contributed by atoms with E-state index in [-0.39, 0.29) is 30.0 Å². The van der Waals surface area contributed by atoms with E-state index in [2.05, 4.69) is 5.10 Å². The van der Waals surface area contributed by atoms with E-state index in [4.69, 9.17) is 5.73 Å². The second-order valence-electron chi connectivity index (χ2n) is 10.5. The van der Waals surface area contributed by atoms with E-state index in [1.807, 2.05) is 0 Å². The Morgan fingerprint density at radius 3 is 2.47 bits per heavy atom. The molecule has 1 saturated heterocycles. The Morgan fingerprint density at radius 1 is 1.12 bits per heavy atom. The fourth-order valence-electron chi connectivity index (χ4n) is 5.48. The van der Waals surface area contributed by atoms with Gasteiger partial charge in [0, 0.05) is 18.3 Å².